The lowest BCUT2D eigenvalue weighted by atomic mass is 9.81. The van der Waals surface area contributed by atoms with Crippen molar-refractivity contribution in [2.75, 3.05) is 27.2 Å². The summed E-state index contributed by atoms with van der Waals surface area (Å²) in [5.41, 5.74) is -0.217. The number of hydrogen-bond donors (Lipinski definition) is 0. The summed E-state index contributed by atoms with van der Waals surface area (Å²) in [5.74, 6) is 0. The van der Waals surface area contributed by atoms with E-state index in [1.54, 1.807) is 6.07 Å². The van der Waals surface area contributed by atoms with Gasteiger partial charge in [0.15, 0.2) is 0 Å². The summed E-state index contributed by atoms with van der Waals surface area (Å²) in [4.78, 5) is 8.56. The molecule has 0 unspecified atom stereocenters. The van der Waals surface area contributed by atoms with Gasteiger partial charge in [-0.2, -0.15) is 13.2 Å². The zero-order valence-electron chi connectivity index (χ0n) is 16.0. The molecular formula is C19H30F3N3. The molecule has 1 aliphatic heterocycles. The van der Waals surface area contributed by atoms with Gasteiger partial charge in [0.05, 0.1) is 0 Å². The molecule has 2 rings (SSSR count). The molecule has 1 fully saturated rings. The third kappa shape index (κ3) is 4.94. The number of piperidine rings is 1. The molecule has 0 spiro atoms. The van der Waals surface area contributed by atoms with Gasteiger partial charge < -0.3 is 4.90 Å². The summed E-state index contributed by atoms with van der Waals surface area (Å²) in [5, 5.41) is 0. The number of likely N-dealkylation sites (N-methyl/N-ethyl adjacent to an activating group) is 1. The molecule has 1 saturated heterocycles. The molecule has 1 aliphatic rings. The van der Waals surface area contributed by atoms with E-state index in [4.69, 9.17) is 0 Å². The van der Waals surface area contributed by atoms with Crippen LogP contribution in [0.1, 0.15) is 51.4 Å². The van der Waals surface area contributed by atoms with Crippen LogP contribution in [0, 0.1) is 0 Å². The van der Waals surface area contributed by atoms with Crippen molar-refractivity contribution in [3.63, 3.8) is 0 Å². The summed E-state index contributed by atoms with van der Waals surface area (Å²) in [6, 6.07) is 4.19. The van der Waals surface area contributed by atoms with E-state index in [1.165, 1.54) is 6.07 Å². The molecule has 0 bridgehead atoms. The second-order valence-electron chi connectivity index (χ2n) is 8.33. The lowest BCUT2D eigenvalue weighted by Gasteiger charge is -2.51. The fraction of sp³-hybridized carbons (Fsp3) is 0.737. The molecule has 2 heterocycles. The van der Waals surface area contributed by atoms with Crippen molar-refractivity contribution in [1.29, 1.82) is 0 Å². The molecule has 0 saturated carbocycles. The Morgan fingerprint density at radius 1 is 1.20 bits per heavy atom. The molecule has 1 atom stereocenters. The Bertz CT molecular complexity index is 578. The monoisotopic (exact) mass is 357 g/mol. The van der Waals surface area contributed by atoms with E-state index >= 15 is 0 Å². The van der Waals surface area contributed by atoms with Crippen molar-refractivity contribution in [2.24, 2.45) is 0 Å². The fourth-order valence-electron chi connectivity index (χ4n) is 3.62. The minimum absolute atomic E-state index is 0.0263. The Hall–Kier alpha value is -1.14. The smallest absolute Gasteiger partial charge is 0.302 e. The number of hydrogen-bond acceptors (Lipinski definition) is 3. The summed E-state index contributed by atoms with van der Waals surface area (Å²) in [7, 11) is 4.15. The number of nitrogens with zero attached hydrogens (tertiary/aromatic N) is 3. The molecule has 3 nitrogen and oxygen atoms in total. The zero-order valence-corrected chi connectivity index (χ0v) is 16.0. The van der Waals surface area contributed by atoms with E-state index in [0.29, 0.717) is 12.1 Å². The average Bonchev–Trinajstić information content (AvgIpc) is 2.52. The third-order valence-electron chi connectivity index (χ3n) is 5.40. The van der Waals surface area contributed by atoms with Crippen LogP contribution in [0.25, 0.3) is 0 Å². The Morgan fingerprint density at radius 3 is 2.44 bits per heavy atom. The Morgan fingerprint density at radius 2 is 1.88 bits per heavy atom. The maximum absolute atomic E-state index is 12.9. The number of aryl methyl sites for hydroxylation is 1. The van der Waals surface area contributed by atoms with Gasteiger partial charge in [-0.3, -0.25) is 4.90 Å². The van der Waals surface area contributed by atoms with Crippen LogP contribution in [0.4, 0.5) is 13.2 Å². The van der Waals surface area contributed by atoms with Gasteiger partial charge in [-0.15, -0.1) is 0 Å². The van der Waals surface area contributed by atoms with Crippen molar-refractivity contribution in [1.82, 2.24) is 14.8 Å². The summed E-state index contributed by atoms with van der Waals surface area (Å²) in [6.07, 6.45) is -0.860. The van der Waals surface area contributed by atoms with Crippen LogP contribution in [-0.2, 0) is 12.6 Å². The number of aromatic nitrogens is 1. The van der Waals surface area contributed by atoms with E-state index < -0.39 is 11.9 Å². The second-order valence-corrected chi connectivity index (χ2v) is 8.33. The molecule has 25 heavy (non-hydrogen) atoms. The van der Waals surface area contributed by atoms with E-state index in [9.17, 15) is 13.2 Å². The minimum atomic E-state index is -4.39. The highest BCUT2D eigenvalue weighted by Gasteiger charge is 2.40. The van der Waals surface area contributed by atoms with Crippen LogP contribution in [0.2, 0.25) is 0 Å². The average molecular weight is 357 g/mol. The summed E-state index contributed by atoms with van der Waals surface area (Å²) in [6.45, 7) is 8.65. The molecular weight excluding hydrogens is 327 g/mol. The molecule has 0 aliphatic carbocycles. The van der Waals surface area contributed by atoms with E-state index in [1.807, 2.05) is 0 Å². The fourth-order valence-corrected chi connectivity index (χ4v) is 3.62. The number of likely N-dealkylation sites (tertiary alicyclic amines) is 1. The normalized spacial score (nSPS) is 23.2. The highest BCUT2D eigenvalue weighted by atomic mass is 19.4. The van der Waals surface area contributed by atoms with Crippen molar-refractivity contribution in [2.45, 2.75) is 63.7 Å². The molecule has 142 valence electrons. The van der Waals surface area contributed by atoms with Gasteiger partial charge in [-0.25, -0.2) is 4.98 Å². The SMILES string of the molecule is CN(C)[C@]1(CCc2cccc(C(F)(F)F)n2)CCCN(C(C)(C)C)C1. The highest BCUT2D eigenvalue weighted by Crippen LogP contribution is 2.34. The van der Waals surface area contributed by atoms with Crippen molar-refractivity contribution < 1.29 is 13.2 Å². The minimum Gasteiger partial charge on any atom is -0.302 e. The van der Waals surface area contributed by atoms with Crippen molar-refractivity contribution in [3.8, 4) is 0 Å². The van der Waals surface area contributed by atoms with Gasteiger partial charge >= 0.3 is 6.18 Å². The van der Waals surface area contributed by atoms with E-state index in [-0.39, 0.29) is 11.1 Å². The molecule has 0 radical (unpaired) electrons. The van der Waals surface area contributed by atoms with Crippen molar-refractivity contribution in [3.05, 3.63) is 29.6 Å². The van der Waals surface area contributed by atoms with Gasteiger partial charge in [-0.05, 0) is 79.2 Å². The first kappa shape index (κ1) is 20.2. The molecule has 6 heteroatoms. The molecule has 0 aromatic carbocycles. The summed E-state index contributed by atoms with van der Waals surface area (Å²) < 4.78 is 38.6. The van der Waals surface area contributed by atoms with Gasteiger partial charge in [0.25, 0.3) is 0 Å². The van der Waals surface area contributed by atoms with Gasteiger partial charge in [0.2, 0.25) is 0 Å². The number of rotatable bonds is 4. The first-order chi connectivity index (χ1) is 11.4. The van der Waals surface area contributed by atoms with Crippen LogP contribution >= 0.6 is 0 Å². The second kappa shape index (κ2) is 7.23. The van der Waals surface area contributed by atoms with Gasteiger partial charge in [0, 0.05) is 23.3 Å². The van der Waals surface area contributed by atoms with E-state index in [0.717, 1.165) is 38.4 Å². The van der Waals surface area contributed by atoms with Crippen LogP contribution < -0.4 is 0 Å². The van der Waals surface area contributed by atoms with Gasteiger partial charge in [0.1, 0.15) is 5.69 Å². The Labute approximate surface area is 149 Å². The first-order valence-corrected chi connectivity index (χ1v) is 8.90. The van der Waals surface area contributed by atoms with Crippen molar-refractivity contribution >= 4 is 0 Å². The Kier molecular flexibility index (Phi) is 5.84. The molecule has 0 amide bonds. The van der Waals surface area contributed by atoms with Crippen LogP contribution in [0.3, 0.4) is 0 Å². The van der Waals surface area contributed by atoms with Crippen LogP contribution in [0.15, 0.2) is 18.2 Å². The molecule has 1 aromatic heterocycles. The van der Waals surface area contributed by atoms with Crippen LogP contribution in [0.5, 0.6) is 0 Å². The zero-order chi connectivity index (χ0) is 18.9. The highest BCUT2D eigenvalue weighted by molar-refractivity contribution is 5.14. The molecule has 0 N–H and O–H groups in total. The Balaban J connectivity index is 2.15. The first-order valence-electron chi connectivity index (χ1n) is 8.90. The topological polar surface area (TPSA) is 19.4 Å². The lowest BCUT2D eigenvalue weighted by Crippen LogP contribution is -2.60. The van der Waals surface area contributed by atoms with E-state index in [2.05, 4.69) is 49.7 Å². The quantitative estimate of drug-likeness (QED) is 0.804. The standard InChI is InChI=1S/C19H30F3N3/c1-17(2,3)25-13-7-11-18(14-25,24(4)5)12-10-15-8-6-9-16(23-15)19(20,21)22/h6,8-9H,7,10-14H2,1-5H3/t18-/m0/s1. The predicted molar refractivity (Wildman–Crippen MR) is 94.5 cm³/mol. The lowest BCUT2D eigenvalue weighted by molar-refractivity contribution is -0.141. The van der Waals surface area contributed by atoms with Crippen LogP contribution in [-0.4, -0.2) is 53.0 Å². The number of alkyl halides is 3. The number of halogens is 3. The number of pyridine rings is 1. The maximum Gasteiger partial charge on any atom is 0.433 e. The summed E-state index contributed by atoms with van der Waals surface area (Å²) >= 11 is 0. The predicted octanol–water partition coefficient (Wildman–Crippen LogP) is 4.23. The molecule has 1 aromatic rings. The largest absolute Gasteiger partial charge is 0.433 e. The maximum atomic E-state index is 12.9. The van der Waals surface area contributed by atoms with Gasteiger partial charge in [-0.1, -0.05) is 6.07 Å². The third-order valence-corrected chi connectivity index (χ3v) is 5.40.